The van der Waals surface area contributed by atoms with Gasteiger partial charge in [-0.25, -0.2) is 4.98 Å². The topological polar surface area (TPSA) is 70.0 Å². The molecule has 0 saturated carbocycles. The number of anilines is 2. The molecule has 2 aromatic carbocycles. The molecule has 0 amide bonds. The second kappa shape index (κ2) is 9.97. The van der Waals surface area contributed by atoms with Gasteiger partial charge in [0.2, 0.25) is 0 Å². The summed E-state index contributed by atoms with van der Waals surface area (Å²) >= 11 is 0. The van der Waals surface area contributed by atoms with Gasteiger partial charge in [-0.3, -0.25) is 0 Å². The lowest BCUT2D eigenvalue weighted by Gasteiger charge is -2.29. The smallest absolute Gasteiger partial charge is 0.138 e. The van der Waals surface area contributed by atoms with E-state index in [0.29, 0.717) is 0 Å². The average molecular weight is 368 g/mol. The Morgan fingerprint density at radius 3 is 2.33 bits per heavy atom. The molecule has 146 valence electrons. The molecule has 1 aromatic heterocycles. The maximum absolute atomic E-state index is 5.90. The number of nitrogens with one attached hydrogen (secondary N) is 2. The third-order valence-electron chi connectivity index (χ3n) is 4.49. The van der Waals surface area contributed by atoms with E-state index in [2.05, 4.69) is 39.5 Å². The monoisotopic (exact) mass is 367 g/mol. The summed E-state index contributed by atoms with van der Waals surface area (Å²) in [6.45, 7) is 14.2. The molecule has 27 heavy (non-hydrogen) atoms. The summed E-state index contributed by atoms with van der Waals surface area (Å²) in [5, 5.41) is 3.39. The highest BCUT2D eigenvalue weighted by molar-refractivity contribution is 5.83. The zero-order valence-electron chi connectivity index (χ0n) is 17.3. The highest BCUT2D eigenvalue weighted by atomic mass is 15.2. The number of aryl methyl sites for hydroxylation is 1. The molecular weight excluding hydrogens is 334 g/mol. The van der Waals surface area contributed by atoms with Crippen molar-refractivity contribution in [3.8, 4) is 11.4 Å². The molecule has 0 spiro atoms. The zero-order valence-corrected chi connectivity index (χ0v) is 17.3. The van der Waals surface area contributed by atoms with Gasteiger partial charge in [0.15, 0.2) is 0 Å². The third-order valence-corrected chi connectivity index (χ3v) is 4.49. The van der Waals surface area contributed by atoms with Gasteiger partial charge in [0.25, 0.3) is 0 Å². The third kappa shape index (κ3) is 4.80. The quantitative estimate of drug-likeness (QED) is 0.580. The molecule has 5 heteroatoms. The number of piperazine rings is 1. The van der Waals surface area contributed by atoms with E-state index >= 15 is 0 Å². The van der Waals surface area contributed by atoms with E-state index in [1.165, 1.54) is 5.69 Å². The number of hydrogen-bond acceptors (Lipinski definition) is 4. The molecule has 1 aliphatic rings. The van der Waals surface area contributed by atoms with Crippen LogP contribution in [0.4, 0.5) is 11.4 Å². The van der Waals surface area contributed by atoms with Crippen LogP contribution in [0.2, 0.25) is 0 Å². The minimum Gasteiger partial charge on any atom is -0.399 e. The molecule has 5 nitrogen and oxygen atoms in total. The summed E-state index contributed by atoms with van der Waals surface area (Å²) in [6.07, 6.45) is 0. The Labute approximate surface area is 163 Å². The molecule has 0 atom stereocenters. The van der Waals surface area contributed by atoms with Crippen molar-refractivity contribution in [2.45, 2.75) is 34.6 Å². The van der Waals surface area contributed by atoms with E-state index in [-0.39, 0.29) is 0 Å². The summed E-state index contributed by atoms with van der Waals surface area (Å²) < 4.78 is 0. The van der Waals surface area contributed by atoms with Gasteiger partial charge in [-0.15, -0.1) is 0 Å². The summed E-state index contributed by atoms with van der Waals surface area (Å²) in [5.41, 5.74) is 12.2. The fourth-order valence-corrected chi connectivity index (χ4v) is 3.08. The lowest BCUT2D eigenvalue weighted by molar-refractivity contribution is 0.589. The number of fused-ring (bicyclic) bond motifs is 1. The molecule has 1 saturated heterocycles. The maximum atomic E-state index is 5.90. The van der Waals surface area contributed by atoms with Crippen molar-refractivity contribution in [1.29, 1.82) is 0 Å². The van der Waals surface area contributed by atoms with Crippen LogP contribution in [-0.4, -0.2) is 36.1 Å². The van der Waals surface area contributed by atoms with Crippen molar-refractivity contribution in [2.24, 2.45) is 0 Å². The van der Waals surface area contributed by atoms with Crippen LogP contribution in [0.25, 0.3) is 22.4 Å². The van der Waals surface area contributed by atoms with Crippen molar-refractivity contribution in [3.63, 3.8) is 0 Å². The number of aromatic amines is 1. The van der Waals surface area contributed by atoms with Crippen LogP contribution in [0.15, 0.2) is 36.4 Å². The molecule has 1 aliphatic heterocycles. The fraction of sp³-hybridized carbons (Fsp3) is 0.409. The predicted octanol–water partition coefficient (Wildman–Crippen LogP) is 4.58. The molecule has 4 N–H and O–H groups in total. The Morgan fingerprint density at radius 1 is 0.963 bits per heavy atom. The van der Waals surface area contributed by atoms with Gasteiger partial charge in [-0.1, -0.05) is 27.7 Å². The Morgan fingerprint density at radius 2 is 1.67 bits per heavy atom. The van der Waals surface area contributed by atoms with E-state index in [1.54, 1.807) is 0 Å². The lowest BCUT2D eigenvalue weighted by Crippen LogP contribution is -2.43. The number of benzene rings is 2. The molecule has 0 bridgehead atoms. The van der Waals surface area contributed by atoms with Crippen molar-refractivity contribution in [1.82, 2.24) is 15.3 Å². The van der Waals surface area contributed by atoms with Gasteiger partial charge < -0.3 is 20.9 Å². The van der Waals surface area contributed by atoms with Crippen molar-refractivity contribution >= 4 is 22.4 Å². The highest BCUT2D eigenvalue weighted by Gasteiger charge is 2.12. The minimum atomic E-state index is 0.811. The summed E-state index contributed by atoms with van der Waals surface area (Å²) in [4.78, 5) is 10.6. The molecule has 0 aliphatic carbocycles. The number of H-pyrrole nitrogens is 1. The Kier molecular flexibility index (Phi) is 7.67. The van der Waals surface area contributed by atoms with Gasteiger partial charge in [-0.05, 0) is 48.9 Å². The maximum Gasteiger partial charge on any atom is 0.138 e. The Hall–Kier alpha value is -2.53. The van der Waals surface area contributed by atoms with E-state index in [1.807, 2.05) is 46.8 Å². The highest BCUT2D eigenvalue weighted by Crippen LogP contribution is 2.26. The van der Waals surface area contributed by atoms with Gasteiger partial charge >= 0.3 is 0 Å². The first-order valence-corrected chi connectivity index (χ1v) is 10.0. The van der Waals surface area contributed by atoms with Crippen LogP contribution in [-0.2, 0) is 0 Å². The number of nitrogen functional groups attached to an aromatic ring is 1. The van der Waals surface area contributed by atoms with Crippen molar-refractivity contribution in [2.75, 3.05) is 36.8 Å². The van der Waals surface area contributed by atoms with Crippen LogP contribution in [0.3, 0.4) is 0 Å². The van der Waals surface area contributed by atoms with E-state index < -0.39 is 0 Å². The van der Waals surface area contributed by atoms with Crippen molar-refractivity contribution in [3.05, 3.63) is 42.0 Å². The number of nitrogens with zero attached hydrogens (tertiary/aromatic N) is 2. The molecule has 3 aromatic rings. The normalized spacial score (nSPS) is 13.4. The number of aromatic nitrogens is 2. The standard InChI is InChI=1S/C18H21N5.2C2H6/c1-12-10-13(2-4-15(12)19)18-21-16-5-3-14(11-17(16)22-18)23-8-6-20-7-9-23;2*1-2/h2-5,10-11,20H,6-9,19H2,1H3,(H,21,22);2*1-2H3. The summed E-state index contributed by atoms with van der Waals surface area (Å²) in [7, 11) is 0. The predicted molar refractivity (Wildman–Crippen MR) is 118 cm³/mol. The second-order valence-electron chi connectivity index (χ2n) is 6.10. The second-order valence-corrected chi connectivity index (χ2v) is 6.10. The van der Waals surface area contributed by atoms with Crippen LogP contribution < -0.4 is 16.0 Å². The molecule has 1 fully saturated rings. The molecule has 0 unspecified atom stereocenters. The van der Waals surface area contributed by atoms with Crippen molar-refractivity contribution < 1.29 is 0 Å². The number of nitrogens with two attached hydrogens (primary N) is 1. The summed E-state index contributed by atoms with van der Waals surface area (Å²) in [6, 6.07) is 12.5. The first-order chi connectivity index (χ1) is 13.2. The Balaban J connectivity index is 0.000000614. The number of rotatable bonds is 2. The van der Waals surface area contributed by atoms with Gasteiger partial charge in [-0.2, -0.15) is 0 Å². The van der Waals surface area contributed by atoms with Gasteiger partial charge in [0, 0.05) is 43.1 Å². The Bertz CT molecular complexity index is 847. The molecule has 0 radical (unpaired) electrons. The van der Waals surface area contributed by atoms with Crippen LogP contribution in [0.1, 0.15) is 33.3 Å². The lowest BCUT2D eigenvalue weighted by atomic mass is 10.1. The summed E-state index contributed by atoms with van der Waals surface area (Å²) in [5.74, 6) is 0.889. The first kappa shape index (κ1) is 20.8. The minimum absolute atomic E-state index is 0.811. The zero-order chi connectivity index (χ0) is 19.8. The fourth-order valence-electron chi connectivity index (χ4n) is 3.08. The van der Waals surface area contributed by atoms with Crippen LogP contribution in [0, 0.1) is 6.92 Å². The molecule has 4 rings (SSSR count). The first-order valence-electron chi connectivity index (χ1n) is 10.0. The van der Waals surface area contributed by atoms with Gasteiger partial charge in [0.1, 0.15) is 5.82 Å². The molecule has 2 heterocycles. The van der Waals surface area contributed by atoms with Gasteiger partial charge in [0.05, 0.1) is 11.0 Å². The van der Waals surface area contributed by atoms with E-state index in [9.17, 15) is 0 Å². The van der Waals surface area contributed by atoms with E-state index in [0.717, 1.165) is 59.9 Å². The average Bonchev–Trinajstić information content (AvgIpc) is 3.17. The number of hydrogen-bond donors (Lipinski definition) is 3. The largest absolute Gasteiger partial charge is 0.399 e. The SMILES string of the molecule is CC.CC.Cc1cc(-c2nc3ccc(N4CCNCC4)cc3[nH]2)ccc1N. The van der Waals surface area contributed by atoms with Crippen LogP contribution in [0.5, 0.6) is 0 Å². The number of imidazole rings is 1. The van der Waals surface area contributed by atoms with Crippen LogP contribution >= 0.6 is 0 Å². The van der Waals surface area contributed by atoms with E-state index in [4.69, 9.17) is 10.7 Å². The molecular formula is C22H33N5.